The van der Waals surface area contributed by atoms with Crippen LogP contribution in [0, 0.1) is 11.3 Å². The average molecular weight is 332 g/mol. The highest BCUT2D eigenvalue weighted by Crippen LogP contribution is 2.18. The summed E-state index contributed by atoms with van der Waals surface area (Å²) in [6.07, 6.45) is 1.60. The molecule has 6 nitrogen and oxygen atoms in total. The molecule has 0 radical (unpaired) electrons. The van der Waals surface area contributed by atoms with Crippen LogP contribution in [0.5, 0.6) is 5.75 Å². The number of carbonyl (C=O) groups excluding carboxylic acids is 1. The number of nitrogens with zero attached hydrogens (tertiary/aromatic N) is 3. The van der Waals surface area contributed by atoms with Crippen LogP contribution in [-0.4, -0.2) is 35.6 Å². The second-order valence-electron chi connectivity index (χ2n) is 5.41. The smallest absolute Gasteiger partial charge is 0.178 e. The molecular formula is C19H16N4O2. The van der Waals surface area contributed by atoms with Crippen molar-refractivity contribution in [1.29, 1.82) is 5.26 Å². The number of fused-ring (bicyclic) bond motifs is 1. The predicted molar refractivity (Wildman–Crippen MR) is 94.9 cm³/mol. The Morgan fingerprint density at radius 3 is 2.76 bits per heavy atom. The Balaban J connectivity index is 1.69. The third kappa shape index (κ3) is 3.72. The van der Waals surface area contributed by atoms with Crippen molar-refractivity contribution in [3.8, 4) is 11.8 Å². The van der Waals surface area contributed by atoms with Gasteiger partial charge < -0.3 is 9.72 Å². The van der Waals surface area contributed by atoms with Gasteiger partial charge in [-0.2, -0.15) is 5.26 Å². The maximum Gasteiger partial charge on any atom is 0.178 e. The molecule has 0 aliphatic heterocycles. The number of ketones is 1. The topological polar surface area (TPSA) is 91.1 Å². The zero-order valence-electron chi connectivity index (χ0n) is 13.6. The van der Waals surface area contributed by atoms with E-state index >= 15 is 0 Å². The third-order valence-electron chi connectivity index (χ3n) is 3.74. The van der Waals surface area contributed by atoms with Gasteiger partial charge >= 0.3 is 0 Å². The van der Waals surface area contributed by atoms with Gasteiger partial charge in [-0.1, -0.05) is 12.1 Å². The fourth-order valence-corrected chi connectivity index (χ4v) is 2.42. The summed E-state index contributed by atoms with van der Waals surface area (Å²) in [6, 6.07) is 16.7. The lowest BCUT2D eigenvalue weighted by atomic mass is 10.1. The largest absolute Gasteiger partial charge is 0.497 e. The van der Waals surface area contributed by atoms with Crippen molar-refractivity contribution in [3.05, 3.63) is 59.9 Å². The van der Waals surface area contributed by atoms with Gasteiger partial charge in [0.25, 0.3) is 0 Å². The third-order valence-corrected chi connectivity index (χ3v) is 3.74. The van der Waals surface area contributed by atoms with E-state index in [1.54, 1.807) is 13.3 Å². The Kier molecular flexibility index (Phi) is 4.86. The molecule has 6 heteroatoms. The summed E-state index contributed by atoms with van der Waals surface area (Å²) >= 11 is 0. The van der Waals surface area contributed by atoms with Crippen molar-refractivity contribution in [3.63, 3.8) is 0 Å². The number of para-hydroxylation sites is 2. The summed E-state index contributed by atoms with van der Waals surface area (Å²) in [5.74, 6) is -0.150. The van der Waals surface area contributed by atoms with Crippen molar-refractivity contribution in [2.24, 2.45) is 4.99 Å². The van der Waals surface area contributed by atoms with E-state index in [1.807, 2.05) is 54.6 Å². The highest BCUT2D eigenvalue weighted by atomic mass is 16.5. The Morgan fingerprint density at radius 1 is 1.32 bits per heavy atom. The molecule has 25 heavy (non-hydrogen) atoms. The summed E-state index contributed by atoms with van der Waals surface area (Å²) in [7, 11) is 1.60. The maximum absolute atomic E-state index is 12.3. The number of H-pyrrole nitrogens is 1. The molecule has 0 amide bonds. The summed E-state index contributed by atoms with van der Waals surface area (Å²) < 4.78 is 5.09. The first-order chi connectivity index (χ1) is 12.2. The van der Waals surface area contributed by atoms with Crippen molar-refractivity contribution >= 4 is 23.0 Å². The Bertz CT molecular complexity index is 918. The zero-order valence-corrected chi connectivity index (χ0v) is 13.6. The Labute approximate surface area is 144 Å². The van der Waals surface area contributed by atoms with Crippen LogP contribution < -0.4 is 4.74 Å². The van der Waals surface area contributed by atoms with E-state index in [2.05, 4.69) is 15.0 Å². The molecule has 3 aromatic rings. The first kappa shape index (κ1) is 16.4. The van der Waals surface area contributed by atoms with Gasteiger partial charge in [-0.25, -0.2) is 4.98 Å². The van der Waals surface area contributed by atoms with Gasteiger partial charge in [-0.3, -0.25) is 9.79 Å². The van der Waals surface area contributed by atoms with E-state index in [-0.39, 0.29) is 12.3 Å². The monoisotopic (exact) mass is 332 g/mol. The second kappa shape index (κ2) is 7.41. The maximum atomic E-state index is 12.3. The van der Waals surface area contributed by atoms with Crippen LogP contribution in [0.25, 0.3) is 11.0 Å². The molecule has 0 saturated carbocycles. The van der Waals surface area contributed by atoms with E-state index in [0.29, 0.717) is 5.82 Å². The SMILES string of the molecule is COc1ccc(C=NCC(=O)C(C#N)c2nc3ccccc3[nH]2)cc1. The number of Topliss-reactive ketones (excluding diaryl/α,β-unsaturated/α-hetero) is 1. The first-order valence-corrected chi connectivity index (χ1v) is 7.72. The Morgan fingerprint density at radius 2 is 2.08 bits per heavy atom. The van der Waals surface area contributed by atoms with Crippen LogP contribution >= 0.6 is 0 Å². The first-order valence-electron chi connectivity index (χ1n) is 7.72. The van der Waals surface area contributed by atoms with Gasteiger partial charge in [0, 0.05) is 6.21 Å². The number of hydrogen-bond acceptors (Lipinski definition) is 5. The lowest BCUT2D eigenvalue weighted by Gasteiger charge is -2.02. The molecule has 1 unspecified atom stereocenters. The molecule has 0 saturated heterocycles. The highest BCUT2D eigenvalue weighted by molar-refractivity contribution is 5.92. The number of aliphatic imine (C=N–C) groups is 1. The number of ether oxygens (including phenoxy) is 1. The quantitative estimate of drug-likeness (QED) is 0.703. The number of benzene rings is 2. The minimum absolute atomic E-state index is 0.0820. The molecule has 0 aliphatic rings. The molecule has 2 aromatic carbocycles. The van der Waals surface area contributed by atoms with Crippen LogP contribution in [0.1, 0.15) is 17.3 Å². The number of nitriles is 1. The van der Waals surface area contributed by atoms with Crippen molar-refractivity contribution in [2.75, 3.05) is 13.7 Å². The number of nitrogens with one attached hydrogen (secondary N) is 1. The molecule has 124 valence electrons. The average Bonchev–Trinajstić information content (AvgIpc) is 3.06. The van der Waals surface area contributed by atoms with Crippen LogP contribution in [0.15, 0.2) is 53.5 Å². The predicted octanol–water partition coefficient (Wildman–Crippen LogP) is 2.87. The molecule has 1 heterocycles. The molecule has 0 spiro atoms. The van der Waals surface area contributed by atoms with Crippen LogP contribution in [0.2, 0.25) is 0 Å². The fraction of sp³-hybridized carbons (Fsp3) is 0.158. The number of methoxy groups -OCH3 is 1. The minimum Gasteiger partial charge on any atom is -0.497 e. The van der Waals surface area contributed by atoms with Gasteiger partial charge in [0.05, 0.1) is 30.8 Å². The van der Waals surface area contributed by atoms with Gasteiger partial charge in [0.1, 0.15) is 11.6 Å². The molecule has 0 bridgehead atoms. The highest BCUT2D eigenvalue weighted by Gasteiger charge is 2.23. The molecule has 1 aromatic heterocycles. The van der Waals surface area contributed by atoms with Crippen LogP contribution in [-0.2, 0) is 4.79 Å². The minimum atomic E-state index is -0.958. The number of aromatic nitrogens is 2. The molecule has 0 aliphatic carbocycles. The standard InChI is InChI=1S/C19H16N4O2/c1-25-14-8-6-13(7-9-14)11-21-12-18(24)15(10-20)19-22-16-4-2-3-5-17(16)23-19/h2-9,11,15H,12H2,1H3,(H,22,23). The molecule has 1 atom stereocenters. The van der Waals surface area contributed by atoms with Gasteiger partial charge in [0.2, 0.25) is 0 Å². The molecule has 1 N–H and O–H groups in total. The molecular weight excluding hydrogens is 316 g/mol. The second-order valence-corrected chi connectivity index (χ2v) is 5.41. The van der Waals surface area contributed by atoms with E-state index in [1.165, 1.54) is 0 Å². The van der Waals surface area contributed by atoms with Gasteiger partial charge in [0.15, 0.2) is 11.7 Å². The normalized spacial score (nSPS) is 12.2. The van der Waals surface area contributed by atoms with Crippen LogP contribution in [0.3, 0.4) is 0 Å². The van der Waals surface area contributed by atoms with Gasteiger partial charge in [-0.05, 0) is 42.0 Å². The van der Waals surface area contributed by atoms with Crippen molar-refractivity contribution in [1.82, 2.24) is 9.97 Å². The van der Waals surface area contributed by atoms with E-state index in [4.69, 9.17) is 4.74 Å². The summed E-state index contributed by atoms with van der Waals surface area (Å²) in [4.78, 5) is 23.8. The Hall–Kier alpha value is -3.46. The van der Waals surface area contributed by atoms with Crippen molar-refractivity contribution in [2.45, 2.75) is 5.92 Å². The number of imidazole rings is 1. The van der Waals surface area contributed by atoms with E-state index < -0.39 is 5.92 Å². The van der Waals surface area contributed by atoms with Gasteiger partial charge in [-0.15, -0.1) is 0 Å². The van der Waals surface area contributed by atoms with E-state index in [0.717, 1.165) is 22.3 Å². The number of rotatable bonds is 6. The lowest BCUT2D eigenvalue weighted by molar-refractivity contribution is -0.118. The summed E-state index contributed by atoms with van der Waals surface area (Å²) in [6.45, 7) is -0.0820. The lowest BCUT2D eigenvalue weighted by Crippen LogP contribution is -2.15. The number of hydrogen-bond donors (Lipinski definition) is 1. The van der Waals surface area contributed by atoms with Crippen LogP contribution in [0.4, 0.5) is 0 Å². The number of carbonyl (C=O) groups is 1. The number of aromatic amines is 1. The van der Waals surface area contributed by atoms with E-state index in [9.17, 15) is 10.1 Å². The fourth-order valence-electron chi connectivity index (χ4n) is 2.42. The molecule has 3 rings (SSSR count). The zero-order chi connectivity index (χ0) is 17.6. The summed E-state index contributed by atoms with van der Waals surface area (Å²) in [5.41, 5.74) is 2.38. The van der Waals surface area contributed by atoms with Crippen molar-refractivity contribution < 1.29 is 9.53 Å². The summed E-state index contributed by atoms with van der Waals surface area (Å²) in [5, 5.41) is 9.35. The molecule has 0 fully saturated rings.